The summed E-state index contributed by atoms with van der Waals surface area (Å²) in [5.41, 5.74) is 3.17. The molecule has 0 saturated heterocycles. The van der Waals surface area contributed by atoms with Crippen LogP contribution in [0.4, 0.5) is 11.5 Å². The van der Waals surface area contributed by atoms with Crippen molar-refractivity contribution in [1.82, 2.24) is 9.97 Å². The molecule has 0 aliphatic carbocycles. The van der Waals surface area contributed by atoms with E-state index < -0.39 is 0 Å². The highest BCUT2D eigenvalue weighted by Gasteiger charge is 2.09. The minimum Gasteiger partial charge on any atom is -0.395 e. The summed E-state index contributed by atoms with van der Waals surface area (Å²) in [6.07, 6.45) is 3.72. The Bertz CT molecular complexity index is 772. The maximum absolute atomic E-state index is 8.98. The Morgan fingerprint density at radius 3 is 2.87 bits per heavy atom. The van der Waals surface area contributed by atoms with Gasteiger partial charge in [-0.1, -0.05) is 0 Å². The van der Waals surface area contributed by atoms with Crippen LogP contribution in [-0.2, 0) is 0 Å². The van der Waals surface area contributed by atoms with Crippen LogP contribution in [0.1, 0.15) is 18.5 Å². The van der Waals surface area contributed by atoms with E-state index in [1.54, 1.807) is 11.3 Å². The lowest BCUT2D eigenvalue weighted by Gasteiger charge is -2.19. The van der Waals surface area contributed by atoms with Gasteiger partial charge in [-0.15, -0.1) is 11.3 Å². The summed E-state index contributed by atoms with van der Waals surface area (Å²) < 4.78 is 1.20. The Morgan fingerprint density at radius 1 is 1.26 bits per heavy atom. The van der Waals surface area contributed by atoms with Gasteiger partial charge in [0.1, 0.15) is 5.82 Å². The number of fused-ring (bicyclic) bond motifs is 1. The second kappa shape index (κ2) is 6.93. The molecule has 0 aliphatic rings. The van der Waals surface area contributed by atoms with Crippen LogP contribution in [0.2, 0.25) is 0 Å². The van der Waals surface area contributed by atoms with Gasteiger partial charge in [-0.05, 0) is 42.1 Å². The number of rotatable bonds is 6. The number of thiophene rings is 1. The molecular weight excluding hydrogens is 308 g/mol. The van der Waals surface area contributed by atoms with Gasteiger partial charge in [0.05, 0.1) is 34.7 Å². The smallest absolute Gasteiger partial charge is 0.126 e. The molecule has 5 nitrogen and oxygen atoms in total. The molecule has 3 aromatic heterocycles. The largest absolute Gasteiger partial charge is 0.395 e. The summed E-state index contributed by atoms with van der Waals surface area (Å²) >= 11 is 1.70. The third-order valence-corrected chi connectivity index (χ3v) is 4.67. The number of aliphatic hydroxyl groups excluding tert-OH is 1. The Balaban J connectivity index is 1.70. The number of aliphatic hydroxyl groups is 1. The van der Waals surface area contributed by atoms with Gasteiger partial charge >= 0.3 is 0 Å². The summed E-state index contributed by atoms with van der Waals surface area (Å²) in [5, 5.41) is 14.4. The maximum Gasteiger partial charge on any atom is 0.126 e. The number of nitrogens with zero attached hydrogens (tertiary/aromatic N) is 3. The molecule has 6 heteroatoms. The van der Waals surface area contributed by atoms with Crippen LogP contribution in [0.3, 0.4) is 0 Å². The van der Waals surface area contributed by atoms with Crippen molar-refractivity contribution >= 4 is 33.1 Å². The second-order valence-electron chi connectivity index (χ2n) is 5.49. The fourth-order valence-corrected chi connectivity index (χ4v) is 3.17. The van der Waals surface area contributed by atoms with Crippen molar-refractivity contribution in [1.29, 1.82) is 0 Å². The Kier molecular flexibility index (Phi) is 4.73. The van der Waals surface area contributed by atoms with Gasteiger partial charge in [-0.2, -0.15) is 0 Å². The van der Waals surface area contributed by atoms with Crippen LogP contribution in [0.15, 0.2) is 42.0 Å². The summed E-state index contributed by atoms with van der Waals surface area (Å²) in [4.78, 5) is 10.9. The minimum atomic E-state index is 0.127. The molecular formula is C17H20N4OS. The normalized spacial score (nSPS) is 12.3. The lowest BCUT2D eigenvalue weighted by molar-refractivity contribution is 0.304. The number of hydrogen-bond acceptors (Lipinski definition) is 6. The molecule has 0 fully saturated rings. The van der Waals surface area contributed by atoms with Crippen LogP contribution in [-0.4, -0.2) is 35.3 Å². The van der Waals surface area contributed by atoms with Gasteiger partial charge in [0.25, 0.3) is 0 Å². The monoisotopic (exact) mass is 328 g/mol. The molecule has 0 radical (unpaired) electrons. The van der Waals surface area contributed by atoms with E-state index in [0.717, 1.165) is 22.6 Å². The average molecular weight is 328 g/mol. The highest BCUT2D eigenvalue weighted by molar-refractivity contribution is 7.17. The van der Waals surface area contributed by atoms with Crippen molar-refractivity contribution in [3.05, 3.63) is 47.6 Å². The fourth-order valence-electron chi connectivity index (χ4n) is 2.38. The summed E-state index contributed by atoms with van der Waals surface area (Å²) in [5.74, 6) is 0.824. The lowest BCUT2D eigenvalue weighted by Crippen LogP contribution is -2.21. The summed E-state index contributed by atoms with van der Waals surface area (Å²) in [6, 6.07) is 8.29. The molecule has 0 aromatic carbocycles. The SMILES string of the molecule is CC(Nc1ccc(N(C)CCO)cn1)c1cnc2ccsc2c1. The minimum absolute atomic E-state index is 0.127. The van der Waals surface area contributed by atoms with E-state index in [1.807, 2.05) is 42.5 Å². The molecule has 3 rings (SSSR count). The van der Waals surface area contributed by atoms with Gasteiger partial charge < -0.3 is 15.3 Å². The molecule has 3 aromatic rings. The van der Waals surface area contributed by atoms with Crippen LogP contribution in [0, 0.1) is 0 Å². The predicted molar refractivity (Wildman–Crippen MR) is 96.3 cm³/mol. The third-order valence-electron chi connectivity index (χ3n) is 3.81. The quantitative estimate of drug-likeness (QED) is 0.727. The van der Waals surface area contributed by atoms with Crippen LogP contribution in [0.25, 0.3) is 10.2 Å². The fraction of sp³-hybridized carbons (Fsp3) is 0.294. The Labute approximate surface area is 139 Å². The molecule has 2 N–H and O–H groups in total. The number of pyridine rings is 2. The molecule has 1 unspecified atom stereocenters. The second-order valence-corrected chi connectivity index (χ2v) is 6.43. The molecule has 0 bridgehead atoms. The zero-order valence-corrected chi connectivity index (χ0v) is 14.0. The van der Waals surface area contributed by atoms with Crippen molar-refractivity contribution in [3.8, 4) is 0 Å². The van der Waals surface area contributed by atoms with Crippen molar-refractivity contribution < 1.29 is 5.11 Å². The first kappa shape index (κ1) is 15.7. The van der Waals surface area contributed by atoms with Crippen LogP contribution in [0.5, 0.6) is 0 Å². The summed E-state index contributed by atoms with van der Waals surface area (Å²) in [6.45, 7) is 2.83. The molecule has 0 amide bonds. The van der Waals surface area contributed by atoms with E-state index in [0.29, 0.717) is 6.54 Å². The molecule has 1 atom stereocenters. The number of nitrogens with one attached hydrogen (secondary N) is 1. The number of likely N-dealkylation sites (N-methyl/N-ethyl adjacent to an activating group) is 1. The van der Waals surface area contributed by atoms with Crippen molar-refractivity contribution in [2.24, 2.45) is 0 Å². The lowest BCUT2D eigenvalue weighted by atomic mass is 10.1. The molecule has 3 heterocycles. The van der Waals surface area contributed by atoms with Crippen LogP contribution < -0.4 is 10.2 Å². The summed E-state index contributed by atoms with van der Waals surface area (Å²) in [7, 11) is 1.94. The van der Waals surface area contributed by atoms with Crippen LogP contribution >= 0.6 is 11.3 Å². The van der Waals surface area contributed by atoms with Gasteiger partial charge in [0, 0.05) is 19.8 Å². The standard InChI is InChI=1S/C17H20N4OS/c1-12(13-9-16-15(18-10-13)5-8-23-16)20-17-4-3-14(11-19-17)21(2)6-7-22/h3-5,8-12,22H,6-7H2,1-2H3,(H,19,20). The number of hydrogen-bond donors (Lipinski definition) is 2. The first-order chi connectivity index (χ1) is 11.2. The maximum atomic E-state index is 8.98. The number of aromatic nitrogens is 2. The van der Waals surface area contributed by atoms with E-state index in [4.69, 9.17) is 5.11 Å². The van der Waals surface area contributed by atoms with Gasteiger partial charge in [-0.3, -0.25) is 4.98 Å². The highest BCUT2D eigenvalue weighted by Crippen LogP contribution is 2.24. The van der Waals surface area contributed by atoms with Gasteiger partial charge in [0.2, 0.25) is 0 Å². The molecule has 0 aliphatic heterocycles. The van der Waals surface area contributed by atoms with E-state index in [2.05, 4.69) is 33.7 Å². The van der Waals surface area contributed by atoms with Gasteiger partial charge in [-0.25, -0.2) is 4.98 Å². The first-order valence-corrected chi connectivity index (χ1v) is 8.43. The van der Waals surface area contributed by atoms with E-state index >= 15 is 0 Å². The van der Waals surface area contributed by atoms with E-state index in [9.17, 15) is 0 Å². The average Bonchev–Trinajstić information content (AvgIpc) is 3.03. The van der Waals surface area contributed by atoms with E-state index in [-0.39, 0.29) is 12.6 Å². The highest BCUT2D eigenvalue weighted by atomic mass is 32.1. The topological polar surface area (TPSA) is 61.3 Å². The first-order valence-electron chi connectivity index (χ1n) is 7.55. The van der Waals surface area contributed by atoms with Crippen molar-refractivity contribution in [3.63, 3.8) is 0 Å². The predicted octanol–water partition coefficient (Wildman–Crippen LogP) is 3.29. The molecule has 0 saturated carbocycles. The molecule has 120 valence electrons. The van der Waals surface area contributed by atoms with Crippen molar-refractivity contribution in [2.45, 2.75) is 13.0 Å². The van der Waals surface area contributed by atoms with Crippen molar-refractivity contribution in [2.75, 3.05) is 30.4 Å². The Hall–Kier alpha value is -2.18. The van der Waals surface area contributed by atoms with E-state index in [1.165, 1.54) is 4.70 Å². The molecule has 0 spiro atoms. The Morgan fingerprint density at radius 2 is 2.13 bits per heavy atom. The zero-order valence-electron chi connectivity index (χ0n) is 13.2. The third kappa shape index (κ3) is 3.60. The number of anilines is 2. The molecule has 23 heavy (non-hydrogen) atoms. The zero-order chi connectivity index (χ0) is 16.2. The van der Waals surface area contributed by atoms with Gasteiger partial charge in [0.15, 0.2) is 0 Å².